The molecule has 0 bridgehead atoms. The lowest BCUT2D eigenvalue weighted by molar-refractivity contribution is 0.352. The lowest BCUT2D eigenvalue weighted by Crippen LogP contribution is -2.22. The van der Waals surface area contributed by atoms with Crippen LogP contribution in [0.5, 0.6) is 11.6 Å². The number of aromatic nitrogens is 3. The summed E-state index contributed by atoms with van der Waals surface area (Å²) in [6, 6.07) is 12.5. The number of alkyl halides is 1. The lowest BCUT2D eigenvalue weighted by atomic mass is 10.1. The maximum Gasteiger partial charge on any atom is 0.219 e. The lowest BCUT2D eigenvalue weighted by Gasteiger charge is -2.16. The molecule has 2 aromatic heterocycles. The number of rotatable bonds is 8. The van der Waals surface area contributed by atoms with Gasteiger partial charge in [-0.05, 0) is 38.1 Å². The molecule has 0 spiro atoms. The third kappa shape index (κ3) is 4.42. The van der Waals surface area contributed by atoms with Gasteiger partial charge in [0.1, 0.15) is 11.9 Å². The van der Waals surface area contributed by atoms with Gasteiger partial charge in [0.25, 0.3) is 0 Å². The Kier molecular flexibility index (Phi) is 6.65. The van der Waals surface area contributed by atoms with Crippen molar-refractivity contribution in [1.82, 2.24) is 14.8 Å². The summed E-state index contributed by atoms with van der Waals surface area (Å²) in [5.74, 6) is 1.82. The number of pyridine rings is 1. The fraction of sp³-hybridized carbons (Fsp3) is 0.318. The van der Waals surface area contributed by atoms with Gasteiger partial charge in [0.05, 0.1) is 17.3 Å². The Balaban J connectivity index is 1.98. The van der Waals surface area contributed by atoms with E-state index in [1.807, 2.05) is 6.07 Å². The molecule has 3 aromatic rings. The van der Waals surface area contributed by atoms with E-state index in [1.165, 1.54) is 6.20 Å². The van der Waals surface area contributed by atoms with Crippen LogP contribution in [-0.4, -0.2) is 34.4 Å². The number of anilines is 1. The van der Waals surface area contributed by atoms with Crippen LogP contribution in [0, 0.1) is 11.3 Å². The van der Waals surface area contributed by atoms with Gasteiger partial charge < -0.3 is 15.4 Å². The SMILES string of the molecule is CCN(CC)c1cc(Oc2cc(C#N)ccc2-c2ccc(C(F)CN)cn2)n(C)n1. The van der Waals surface area contributed by atoms with E-state index in [-0.39, 0.29) is 6.54 Å². The van der Waals surface area contributed by atoms with E-state index < -0.39 is 6.17 Å². The first-order chi connectivity index (χ1) is 14.5. The summed E-state index contributed by atoms with van der Waals surface area (Å²) < 4.78 is 21.6. The van der Waals surface area contributed by atoms with E-state index in [9.17, 15) is 9.65 Å². The Morgan fingerprint density at radius 2 is 2.00 bits per heavy atom. The van der Waals surface area contributed by atoms with Crippen molar-refractivity contribution in [2.75, 3.05) is 24.5 Å². The number of hydrogen-bond acceptors (Lipinski definition) is 6. The second kappa shape index (κ2) is 9.37. The summed E-state index contributed by atoms with van der Waals surface area (Å²) >= 11 is 0. The minimum atomic E-state index is -1.25. The van der Waals surface area contributed by atoms with Crippen LogP contribution in [0.15, 0.2) is 42.6 Å². The van der Waals surface area contributed by atoms with Crippen LogP contribution in [0.1, 0.15) is 31.1 Å². The van der Waals surface area contributed by atoms with Gasteiger partial charge in [-0.2, -0.15) is 10.4 Å². The van der Waals surface area contributed by atoms with Crippen molar-refractivity contribution < 1.29 is 9.13 Å². The van der Waals surface area contributed by atoms with Crippen molar-refractivity contribution in [2.45, 2.75) is 20.0 Å². The number of nitrogens with two attached hydrogens (primary N) is 1. The molecule has 0 aliphatic rings. The van der Waals surface area contributed by atoms with Crippen LogP contribution in [0.3, 0.4) is 0 Å². The fourth-order valence-electron chi connectivity index (χ4n) is 3.12. The molecule has 1 unspecified atom stereocenters. The van der Waals surface area contributed by atoms with Crippen molar-refractivity contribution in [3.63, 3.8) is 0 Å². The average molecular weight is 408 g/mol. The van der Waals surface area contributed by atoms with Crippen LogP contribution in [-0.2, 0) is 7.05 Å². The smallest absolute Gasteiger partial charge is 0.219 e. The molecule has 2 N–H and O–H groups in total. The Hall–Kier alpha value is -3.44. The molecule has 8 heteroatoms. The fourth-order valence-corrected chi connectivity index (χ4v) is 3.12. The topological polar surface area (TPSA) is 93.0 Å². The summed E-state index contributed by atoms with van der Waals surface area (Å²) in [6.07, 6.45) is 0.216. The van der Waals surface area contributed by atoms with Crippen molar-refractivity contribution in [1.29, 1.82) is 5.26 Å². The van der Waals surface area contributed by atoms with E-state index in [1.54, 1.807) is 42.1 Å². The number of aryl methyl sites for hydroxylation is 1. The number of hydrogen-bond donors (Lipinski definition) is 1. The van der Waals surface area contributed by atoms with Crippen LogP contribution >= 0.6 is 0 Å². The highest BCUT2D eigenvalue weighted by Gasteiger charge is 2.16. The zero-order valence-corrected chi connectivity index (χ0v) is 17.3. The molecular weight excluding hydrogens is 383 g/mol. The Bertz CT molecular complexity index is 1040. The van der Waals surface area contributed by atoms with Crippen molar-refractivity contribution in [2.24, 2.45) is 12.8 Å². The minimum absolute atomic E-state index is 0.0956. The largest absolute Gasteiger partial charge is 0.438 e. The van der Waals surface area contributed by atoms with Gasteiger partial charge in [0.15, 0.2) is 5.82 Å². The van der Waals surface area contributed by atoms with Gasteiger partial charge >= 0.3 is 0 Å². The molecule has 1 atom stereocenters. The first-order valence-electron chi connectivity index (χ1n) is 9.82. The summed E-state index contributed by atoms with van der Waals surface area (Å²) in [5.41, 5.74) is 7.57. The molecule has 3 rings (SSSR count). The van der Waals surface area contributed by atoms with Gasteiger partial charge in [-0.3, -0.25) is 4.98 Å². The van der Waals surface area contributed by atoms with Crippen molar-refractivity contribution >= 4 is 5.82 Å². The molecule has 156 valence electrons. The average Bonchev–Trinajstić information content (AvgIpc) is 3.14. The summed E-state index contributed by atoms with van der Waals surface area (Å²) in [5, 5.41) is 13.8. The maximum absolute atomic E-state index is 13.8. The van der Waals surface area contributed by atoms with E-state index in [4.69, 9.17) is 10.5 Å². The molecule has 0 fully saturated rings. The summed E-state index contributed by atoms with van der Waals surface area (Å²) in [7, 11) is 1.80. The van der Waals surface area contributed by atoms with E-state index in [0.29, 0.717) is 34.0 Å². The number of benzene rings is 1. The Morgan fingerprint density at radius 3 is 2.60 bits per heavy atom. The normalized spacial score (nSPS) is 11.7. The highest BCUT2D eigenvalue weighted by molar-refractivity contribution is 5.69. The molecule has 1 aromatic carbocycles. The molecule has 2 heterocycles. The van der Waals surface area contributed by atoms with Gasteiger partial charge in [-0.1, -0.05) is 6.07 Å². The highest BCUT2D eigenvalue weighted by Crippen LogP contribution is 2.34. The first-order valence-corrected chi connectivity index (χ1v) is 9.82. The van der Waals surface area contributed by atoms with E-state index in [2.05, 4.69) is 34.9 Å². The molecule has 0 saturated heterocycles. The van der Waals surface area contributed by atoms with Crippen LogP contribution in [0.2, 0.25) is 0 Å². The molecule has 0 radical (unpaired) electrons. The molecule has 0 aliphatic carbocycles. The molecular formula is C22H25FN6O. The number of halogens is 1. The van der Waals surface area contributed by atoms with Gasteiger partial charge in [-0.25, -0.2) is 9.07 Å². The highest BCUT2D eigenvalue weighted by atomic mass is 19.1. The van der Waals surface area contributed by atoms with Crippen molar-refractivity contribution in [3.05, 3.63) is 53.7 Å². The molecule has 7 nitrogen and oxygen atoms in total. The van der Waals surface area contributed by atoms with Crippen molar-refractivity contribution in [3.8, 4) is 29.0 Å². The summed E-state index contributed by atoms with van der Waals surface area (Å²) in [6.45, 7) is 5.69. The number of ether oxygens (including phenoxy) is 1. The number of nitrogens with zero attached hydrogens (tertiary/aromatic N) is 5. The third-order valence-electron chi connectivity index (χ3n) is 4.87. The quantitative estimate of drug-likeness (QED) is 0.606. The zero-order chi connectivity index (χ0) is 21.7. The van der Waals surface area contributed by atoms with E-state index in [0.717, 1.165) is 18.9 Å². The van der Waals surface area contributed by atoms with E-state index >= 15 is 0 Å². The Morgan fingerprint density at radius 1 is 1.23 bits per heavy atom. The molecule has 30 heavy (non-hydrogen) atoms. The predicted octanol–water partition coefficient (Wildman–Crippen LogP) is 3.96. The second-order valence-electron chi connectivity index (χ2n) is 6.74. The summed E-state index contributed by atoms with van der Waals surface area (Å²) in [4.78, 5) is 6.48. The standard InChI is InChI=1S/C22H25FN6O/c1-4-29(5-2)21-11-22(28(3)27-21)30-20-10-15(12-24)6-8-17(20)19-9-7-16(14-26-19)18(23)13-25/h6-11,14,18H,4-5,13,25H2,1-3H3. The monoisotopic (exact) mass is 408 g/mol. The Labute approximate surface area is 175 Å². The first kappa shape index (κ1) is 21.3. The molecule has 0 amide bonds. The van der Waals surface area contributed by atoms with Gasteiger partial charge in [0.2, 0.25) is 5.88 Å². The van der Waals surface area contributed by atoms with Gasteiger partial charge in [-0.15, -0.1) is 0 Å². The number of nitriles is 1. The molecule has 0 aliphatic heterocycles. The van der Waals surface area contributed by atoms with Crippen LogP contribution in [0.4, 0.5) is 10.2 Å². The minimum Gasteiger partial charge on any atom is -0.438 e. The second-order valence-corrected chi connectivity index (χ2v) is 6.74. The maximum atomic E-state index is 13.8. The van der Waals surface area contributed by atoms with Gasteiger partial charge in [0, 0.05) is 50.1 Å². The predicted molar refractivity (Wildman–Crippen MR) is 114 cm³/mol. The third-order valence-corrected chi connectivity index (χ3v) is 4.87. The molecule has 0 saturated carbocycles. The van der Waals surface area contributed by atoms with Crippen LogP contribution in [0.25, 0.3) is 11.3 Å². The van der Waals surface area contributed by atoms with Crippen LogP contribution < -0.4 is 15.4 Å². The zero-order valence-electron chi connectivity index (χ0n) is 17.3.